The Kier molecular flexibility index (Phi) is 3.10. The zero-order valence-corrected chi connectivity index (χ0v) is 8.46. The van der Waals surface area contributed by atoms with Crippen LogP contribution in [0.3, 0.4) is 0 Å². The lowest BCUT2D eigenvalue weighted by Crippen LogP contribution is -2.67. The number of nitrogens with one attached hydrogen (secondary N) is 2. The van der Waals surface area contributed by atoms with Crippen molar-refractivity contribution in [3.63, 3.8) is 0 Å². The summed E-state index contributed by atoms with van der Waals surface area (Å²) in [6.07, 6.45) is -0.116. The van der Waals surface area contributed by atoms with Crippen molar-refractivity contribution in [2.45, 2.75) is 25.8 Å². The number of hydrogen-bond acceptors (Lipinski definition) is 3. The van der Waals surface area contributed by atoms with E-state index in [2.05, 4.69) is 10.6 Å². The number of rotatable bonds is 4. The van der Waals surface area contributed by atoms with Crippen LogP contribution in [0.25, 0.3) is 0 Å². The molecule has 0 spiro atoms. The van der Waals surface area contributed by atoms with Gasteiger partial charge in [-0.2, -0.15) is 0 Å². The first-order valence-corrected chi connectivity index (χ1v) is 4.67. The number of aliphatic carboxylic acids is 1. The minimum Gasteiger partial charge on any atom is -0.481 e. The Balaban J connectivity index is 2.37. The first kappa shape index (κ1) is 11.0. The van der Waals surface area contributed by atoms with E-state index in [1.165, 1.54) is 0 Å². The number of carbonyl (C=O) groups is 2. The third-order valence-electron chi connectivity index (χ3n) is 2.38. The second-order valence-electron chi connectivity index (χ2n) is 4.15. The summed E-state index contributed by atoms with van der Waals surface area (Å²) >= 11 is 0. The molecule has 5 nitrogen and oxygen atoms in total. The van der Waals surface area contributed by atoms with E-state index in [1.807, 2.05) is 6.92 Å². The van der Waals surface area contributed by atoms with E-state index in [-0.39, 0.29) is 17.9 Å². The molecule has 0 aromatic heterocycles. The smallest absolute Gasteiger partial charge is 0.304 e. The second-order valence-corrected chi connectivity index (χ2v) is 4.15. The molecule has 5 heteroatoms. The third-order valence-corrected chi connectivity index (χ3v) is 2.38. The summed E-state index contributed by atoms with van der Waals surface area (Å²) in [6, 6.07) is 0. The van der Waals surface area contributed by atoms with Gasteiger partial charge in [-0.1, -0.05) is 6.92 Å². The fraction of sp³-hybridized carbons (Fsp3) is 0.778. The van der Waals surface area contributed by atoms with Gasteiger partial charge < -0.3 is 15.7 Å². The maximum absolute atomic E-state index is 11.5. The standard InChI is InChI=1S/C9H16N2O3/c1-6(3-7(12)13)8(14)11-9(2)4-10-5-9/h6,10H,3-5H2,1-2H3,(H,11,14)(H,12,13). The molecule has 1 saturated heterocycles. The number of carboxylic acid groups (broad SMARTS) is 1. The van der Waals surface area contributed by atoms with Gasteiger partial charge in [0, 0.05) is 19.0 Å². The van der Waals surface area contributed by atoms with Crippen LogP contribution in [-0.4, -0.2) is 35.6 Å². The van der Waals surface area contributed by atoms with E-state index in [4.69, 9.17) is 5.11 Å². The van der Waals surface area contributed by atoms with Crippen molar-refractivity contribution in [1.29, 1.82) is 0 Å². The van der Waals surface area contributed by atoms with Gasteiger partial charge in [0.25, 0.3) is 0 Å². The monoisotopic (exact) mass is 200 g/mol. The lowest BCUT2D eigenvalue weighted by atomic mass is 9.94. The summed E-state index contributed by atoms with van der Waals surface area (Å²) in [6.45, 7) is 5.06. The molecule has 0 aromatic carbocycles. The topological polar surface area (TPSA) is 78.4 Å². The van der Waals surface area contributed by atoms with Crippen molar-refractivity contribution in [2.24, 2.45) is 5.92 Å². The second kappa shape index (κ2) is 3.96. The van der Waals surface area contributed by atoms with Gasteiger partial charge in [0.1, 0.15) is 0 Å². The minimum absolute atomic E-state index is 0.116. The molecule has 3 N–H and O–H groups in total. The van der Waals surface area contributed by atoms with Crippen LogP contribution >= 0.6 is 0 Å². The maximum atomic E-state index is 11.5. The fourth-order valence-electron chi connectivity index (χ4n) is 1.36. The minimum atomic E-state index is -0.940. The molecule has 1 heterocycles. The molecule has 0 saturated carbocycles. The molecule has 1 unspecified atom stereocenters. The normalized spacial score (nSPS) is 20.7. The zero-order chi connectivity index (χ0) is 10.8. The Bertz CT molecular complexity index is 248. The SMILES string of the molecule is CC(CC(=O)O)C(=O)NC1(C)CNC1. The molecule has 80 valence electrons. The van der Waals surface area contributed by atoms with Gasteiger partial charge >= 0.3 is 5.97 Å². The maximum Gasteiger partial charge on any atom is 0.304 e. The Hall–Kier alpha value is -1.10. The van der Waals surface area contributed by atoms with E-state index in [1.54, 1.807) is 6.92 Å². The highest BCUT2D eigenvalue weighted by molar-refractivity contribution is 5.83. The van der Waals surface area contributed by atoms with Crippen LogP contribution in [0, 0.1) is 5.92 Å². The molecule has 1 rings (SSSR count). The van der Waals surface area contributed by atoms with Crippen molar-refractivity contribution >= 4 is 11.9 Å². The van der Waals surface area contributed by atoms with Crippen molar-refractivity contribution in [2.75, 3.05) is 13.1 Å². The first-order chi connectivity index (χ1) is 6.43. The van der Waals surface area contributed by atoms with Crippen LogP contribution in [0.5, 0.6) is 0 Å². The molecular formula is C9H16N2O3. The van der Waals surface area contributed by atoms with Gasteiger partial charge in [0.2, 0.25) is 5.91 Å². The average Bonchev–Trinajstić information content (AvgIpc) is 2.00. The molecule has 1 amide bonds. The number of carboxylic acids is 1. The summed E-state index contributed by atoms with van der Waals surface area (Å²) < 4.78 is 0. The molecule has 0 bridgehead atoms. The van der Waals surface area contributed by atoms with E-state index >= 15 is 0 Å². The molecule has 1 fully saturated rings. The lowest BCUT2D eigenvalue weighted by molar-refractivity contribution is -0.141. The van der Waals surface area contributed by atoms with Crippen LogP contribution in [0.2, 0.25) is 0 Å². The predicted molar refractivity (Wildman–Crippen MR) is 50.8 cm³/mol. The van der Waals surface area contributed by atoms with Crippen molar-refractivity contribution in [1.82, 2.24) is 10.6 Å². The summed E-state index contributed by atoms with van der Waals surface area (Å²) in [5, 5.41) is 14.4. The van der Waals surface area contributed by atoms with Crippen LogP contribution in [0.15, 0.2) is 0 Å². The average molecular weight is 200 g/mol. The molecule has 0 aromatic rings. The summed E-state index contributed by atoms with van der Waals surface area (Å²) in [5.41, 5.74) is -0.191. The number of hydrogen-bond donors (Lipinski definition) is 3. The van der Waals surface area contributed by atoms with Crippen LogP contribution in [-0.2, 0) is 9.59 Å². The molecule has 14 heavy (non-hydrogen) atoms. The molecule has 0 radical (unpaired) electrons. The van der Waals surface area contributed by atoms with Crippen molar-refractivity contribution < 1.29 is 14.7 Å². The Morgan fingerprint density at radius 3 is 2.50 bits per heavy atom. The van der Waals surface area contributed by atoms with E-state index in [0.717, 1.165) is 13.1 Å². The van der Waals surface area contributed by atoms with Gasteiger partial charge in [0.15, 0.2) is 0 Å². The van der Waals surface area contributed by atoms with Crippen molar-refractivity contribution in [3.8, 4) is 0 Å². The van der Waals surface area contributed by atoms with Crippen molar-refractivity contribution in [3.05, 3.63) is 0 Å². The van der Waals surface area contributed by atoms with Gasteiger partial charge in [0.05, 0.1) is 12.0 Å². The van der Waals surface area contributed by atoms with Gasteiger partial charge in [-0.25, -0.2) is 0 Å². The Morgan fingerprint density at radius 1 is 1.57 bits per heavy atom. The Labute approximate surface area is 82.9 Å². The molecule has 1 aliphatic heterocycles. The molecular weight excluding hydrogens is 184 g/mol. The van der Waals surface area contributed by atoms with Gasteiger partial charge in [-0.15, -0.1) is 0 Å². The molecule has 0 aliphatic carbocycles. The predicted octanol–water partition coefficient (Wildman–Crippen LogP) is -0.425. The Morgan fingerprint density at radius 2 is 2.14 bits per heavy atom. The van der Waals surface area contributed by atoms with Gasteiger partial charge in [-0.05, 0) is 6.92 Å². The highest BCUT2D eigenvalue weighted by Crippen LogP contribution is 2.11. The van der Waals surface area contributed by atoms with E-state index in [0.29, 0.717) is 0 Å². The largest absolute Gasteiger partial charge is 0.481 e. The molecule has 1 atom stereocenters. The summed E-state index contributed by atoms with van der Waals surface area (Å²) in [4.78, 5) is 21.9. The first-order valence-electron chi connectivity index (χ1n) is 4.67. The van der Waals surface area contributed by atoms with Crippen LogP contribution in [0.1, 0.15) is 20.3 Å². The van der Waals surface area contributed by atoms with Crippen LogP contribution in [0.4, 0.5) is 0 Å². The van der Waals surface area contributed by atoms with E-state index < -0.39 is 11.9 Å². The van der Waals surface area contributed by atoms with Gasteiger partial charge in [-0.3, -0.25) is 9.59 Å². The van der Waals surface area contributed by atoms with Crippen LogP contribution < -0.4 is 10.6 Å². The zero-order valence-electron chi connectivity index (χ0n) is 8.46. The lowest BCUT2D eigenvalue weighted by Gasteiger charge is -2.40. The highest BCUT2D eigenvalue weighted by atomic mass is 16.4. The summed E-state index contributed by atoms with van der Waals surface area (Å²) in [5.74, 6) is -1.59. The van der Waals surface area contributed by atoms with E-state index in [9.17, 15) is 9.59 Å². The summed E-state index contributed by atoms with van der Waals surface area (Å²) in [7, 11) is 0. The molecule has 1 aliphatic rings. The fourth-order valence-corrected chi connectivity index (χ4v) is 1.36. The quantitative estimate of drug-likeness (QED) is 0.575. The third kappa shape index (κ3) is 2.70. The highest BCUT2D eigenvalue weighted by Gasteiger charge is 2.34. The number of carbonyl (C=O) groups excluding carboxylic acids is 1. The number of amides is 1.